The van der Waals surface area contributed by atoms with Crippen molar-refractivity contribution in [3.63, 3.8) is 0 Å². The monoisotopic (exact) mass is 329 g/mol. The molecule has 128 valence electrons. The molecule has 2 fully saturated rings. The second-order valence-corrected chi connectivity index (χ2v) is 6.30. The fourth-order valence-corrected chi connectivity index (χ4v) is 3.38. The minimum atomic E-state index is -0.256. The summed E-state index contributed by atoms with van der Waals surface area (Å²) in [5.41, 5.74) is 0. The highest BCUT2D eigenvalue weighted by molar-refractivity contribution is 5.83. The molecule has 2 aliphatic heterocycles. The number of likely N-dealkylation sites (tertiary alicyclic amines) is 1. The van der Waals surface area contributed by atoms with Crippen LogP contribution in [0.3, 0.4) is 0 Å². The highest BCUT2D eigenvalue weighted by Gasteiger charge is 2.36. The van der Waals surface area contributed by atoms with Crippen LogP contribution in [0.15, 0.2) is 24.3 Å². The van der Waals surface area contributed by atoms with Crippen LogP contribution in [0.5, 0.6) is 11.5 Å². The lowest BCUT2D eigenvalue weighted by Crippen LogP contribution is -2.47. The van der Waals surface area contributed by atoms with Crippen LogP contribution in [0.1, 0.15) is 25.7 Å². The van der Waals surface area contributed by atoms with E-state index in [2.05, 4.69) is 11.4 Å². The molecule has 1 aromatic rings. The standard InChI is InChI=1S/C18H23N3O3/c1-23-15-5-7-16(8-6-15)24-12-13-4-9-17(20-13)18(22)21-10-2-3-14(21)11-19/h5-8,13-14,17,20H,2-4,9-10,12H2,1H3. The van der Waals surface area contributed by atoms with E-state index in [1.807, 2.05) is 24.3 Å². The first kappa shape index (κ1) is 16.6. The van der Waals surface area contributed by atoms with Crippen LogP contribution < -0.4 is 14.8 Å². The molecule has 0 aromatic heterocycles. The summed E-state index contributed by atoms with van der Waals surface area (Å²) < 4.78 is 10.9. The van der Waals surface area contributed by atoms with Gasteiger partial charge in [-0.15, -0.1) is 0 Å². The number of hydrogen-bond donors (Lipinski definition) is 1. The molecule has 2 saturated heterocycles. The maximum absolute atomic E-state index is 12.6. The van der Waals surface area contributed by atoms with Crippen molar-refractivity contribution in [1.82, 2.24) is 10.2 Å². The number of amides is 1. The zero-order chi connectivity index (χ0) is 16.9. The number of ether oxygens (including phenoxy) is 2. The highest BCUT2D eigenvalue weighted by Crippen LogP contribution is 2.22. The van der Waals surface area contributed by atoms with Gasteiger partial charge in [-0.05, 0) is 49.9 Å². The van der Waals surface area contributed by atoms with Crippen molar-refractivity contribution in [3.8, 4) is 17.6 Å². The second-order valence-electron chi connectivity index (χ2n) is 6.30. The summed E-state index contributed by atoms with van der Waals surface area (Å²) in [5, 5.41) is 12.5. The number of nitriles is 1. The van der Waals surface area contributed by atoms with Gasteiger partial charge in [-0.1, -0.05) is 0 Å². The number of carbonyl (C=O) groups excluding carboxylic acids is 1. The quantitative estimate of drug-likeness (QED) is 0.890. The predicted molar refractivity (Wildman–Crippen MR) is 88.8 cm³/mol. The van der Waals surface area contributed by atoms with Gasteiger partial charge < -0.3 is 14.4 Å². The Morgan fingerprint density at radius 3 is 2.75 bits per heavy atom. The zero-order valence-electron chi connectivity index (χ0n) is 13.9. The normalized spacial score (nSPS) is 26.2. The Balaban J connectivity index is 1.48. The third kappa shape index (κ3) is 3.62. The molecule has 2 heterocycles. The number of nitrogens with one attached hydrogen (secondary N) is 1. The van der Waals surface area contributed by atoms with Gasteiger partial charge in [-0.25, -0.2) is 0 Å². The van der Waals surface area contributed by atoms with E-state index in [-0.39, 0.29) is 24.0 Å². The molecule has 2 aliphatic rings. The van der Waals surface area contributed by atoms with Crippen molar-refractivity contribution in [2.75, 3.05) is 20.3 Å². The lowest BCUT2D eigenvalue weighted by atomic mass is 10.1. The number of nitrogens with zero attached hydrogens (tertiary/aromatic N) is 2. The van der Waals surface area contributed by atoms with Gasteiger partial charge in [-0.2, -0.15) is 5.26 Å². The molecule has 6 nitrogen and oxygen atoms in total. The van der Waals surface area contributed by atoms with Crippen molar-refractivity contribution in [2.24, 2.45) is 0 Å². The third-order valence-corrected chi connectivity index (χ3v) is 4.73. The minimum Gasteiger partial charge on any atom is -0.497 e. The largest absolute Gasteiger partial charge is 0.497 e. The first-order chi connectivity index (χ1) is 11.7. The fraction of sp³-hybridized carbons (Fsp3) is 0.556. The number of benzene rings is 1. The van der Waals surface area contributed by atoms with Gasteiger partial charge in [0.2, 0.25) is 5.91 Å². The van der Waals surface area contributed by atoms with Crippen molar-refractivity contribution in [2.45, 2.75) is 43.8 Å². The predicted octanol–water partition coefficient (Wildman–Crippen LogP) is 1.71. The third-order valence-electron chi connectivity index (χ3n) is 4.73. The maximum atomic E-state index is 12.6. The Bertz CT molecular complexity index is 611. The molecule has 3 unspecified atom stereocenters. The van der Waals surface area contributed by atoms with Crippen LogP contribution in [0, 0.1) is 11.3 Å². The second kappa shape index (κ2) is 7.54. The molecular formula is C18H23N3O3. The molecule has 0 aliphatic carbocycles. The van der Waals surface area contributed by atoms with Gasteiger partial charge in [0.15, 0.2) is 0 Å². The van der Waals surface area contributed by atoms with E-state index in [4.69, 9.17) is 14.7 Å². The van der Waals surface area contributed by atoms with Crippen LogP contribution in [-0.4, -0.2) is 49.2 Å². The summed E-state index contributed by atoms with van der Waals surface area (Å²) >= 11 is 0. The van der Waals surface area contributed by atoms with E-state index in [9.17, 15) is 4.79 Å². The average molecular weight is 329 g/mol. The molecule has 0 radical (unpaired) electrons. The summed E-state index contributed by atoms with van der Waals surface area (Å²) in [7, 11) is 1.63. The lowest BCUT2D eigenvalue weighted by molar-refractivity contribution is -0.133. The van der Waals surface area contributed by atoms with E-state index in [1.54, 1.807) is 12.0 Å². The Labute approximate surface area is 142 Å². The average Bonchev–Trinajstić information content (AvgIpc) is 3.29. The van der Waals surface area contributed by atoms with E-state index >= 15 is 0 Å². The number of hydrogen-bond acceptors (Lipinski definition) is 5. The Hall–Kier alpha value is -2.26. The van der Waals surface area contributed by atoms with Crippen LogP contribution in [0.25, 0.3) is 0 Å². The SMILES string of the molecule is COc1ccc(OCC2CCC(C(=O)N3CCCC3C#N)N2)cc1. The van der Waals surface area contributed by atoms with E-state index in [1.165, 1.54) is 0 Å². The zero-order valence-corrected chi connectivity index (χ0v) is 13.9. The molecule has 0 bridgehead atoms. The van der Waals surface area contributed by atoms with Crippen molar-refractivity contribution < 1.29 is 14.3 Å². The van der Waals surface area contributed by atoms with Crippen LogP contribution in [-0.2, 0) is 4.79 Å². The summed E-state index contributed by atoms with van der Waals surface area (Å²) in [6.45, 7) is 1.22. The van der Waals surface area contributed by atoms with E-state index in [0.29, 0.717) is 13.2 Å². The molecule has 6 heteroatoms. The molecule has 24 heavy (non-hydrogen) atoms. The van der Waals surface area contributed by atoms with Gasteiger partial charge in [0, 0.05) is 12.6 Å². The van der Waals surface area contributed by atoms with Gasteiger partial charge >= 0.3 is 0 Å². The minimum absolute atomic E-state index is 0.0611. The van der Waals surface area contributed by atoms with Gasteiger partial charge in [0.1, 0.15) is 24.1 Å². The molecule has 0 spiro atoms. The van der Waals surface area contributed by atoms with Crippen LogP contribution in [0.4, 0.5) is 0 Å². The Morgan fingerprint density at radius 2 is 2.04 bits per heavy atom. The maximum Gasteiger partial charge on any atom is 0.240 e. The molecule has 1 N–H and O–H groups in total. The van der Waals surface area contributed by atoms with Crippen LogP contribution >= 0.6 is 0 Å². The summed E-state index contributed by atoms with van der Waals surface area (Å²) in [4.78, 5) is 14.3. The molecule has 1 amide bonds. The first-order valence-electron chi connectivity index (χ1n) is 8.44. The van der Waals surface area contributed by atoms with Gasteiger partial charge in [-0.3, -0.25) is 10.1 Å². The molecule has 3 atom stereocenters. The molecule has 0 saturated carbocycles. The van der Waals surface area contributed by atoms with Crippen molar-refractivity contribution in [3.05, 3.63) is 24.3 Å². The number of rotatable bonds is 5. The van der Waals surface area contributed by atoms with Crippen LogP contribution in [0.2, 0.25) is 0 Å². The van der Waals surface area contributed by atoms with Gasteiger partial charge in [0.05, 0.1) is 19.2 Å². The smallest absolute Gasteiger partial charge is 0.240 e. The highest BCUT2D eigenvalue weighted by atomic mass is 16.5. The van der Waals surface area contributed by atoms with Crippen molar-refractivity contribution >= 4 is 5.91 Å². The van der Waals surface area contributed by atoms with Crippen molar-refractivity contribution in [1.29, 1.82) is 5.26 Å². The Morgan fingerprint density at radius 1 is 1.29 bits per heavy atom. The summed E-state index contributed by atoms with van der Waals surface area (Å²) in [5.74, 6) is 1.65. The fourth-order valence-electron chi connectivity index (χ4n) is 3.38. The topological polar surface area (TPSA) is 74.6 Å². The van der Waals surface area contributed by atoms with Gasteiger partial charge in [0.25, 0.3) is 0 Å². The van der Waals surface area contributed by atoms with E-state index < -0.39 is 0 Å². The summed E-state index contributed by atoms with van der Waals surface area (Å²) in [6, 6.07) is 9.40. The molecular weight excluding hydrogens is 306 g/mol. The molecule has 3 rings (SSSR count). The first-order valence-corrected chi connectivity index (χ1v) is 8.44. The number of methoxy groups -OCH3 is 1. The Kier molecular flexibility index (Phi) is 5.21. The summed E-state index contributed by atoms with van der Waals surface area (Å²) in [6.07, 6.45) is 3.40. The van der Waals surface area contributed by atoms with E-state index in [0.717, 1.165) is 37.2 Å². The molecule has 1 aromatic carbocycles. The number of carbonyl (C=O) groups is 1. The lowest BCUT2D eigenvalue weighted by Gasteiger charge is -2.24.